The van der Waals surface area contributed by atoms with Crippen molar-refractivity contribution in [3.8, 4) is 0 Å². The minimum absolute atomic E-state index is 0.111. The molecule has 0 radical (unpaired) electrons. The quantitative estimate of drug-likeness (QED) is 0.605. The Labute approximate surface area is 198 Å². The summed E-state index contributed by atoms with van der Waals surface area (Å²) >= 11 is 0. The van der Waals surface area contributed by atoms with Gasteiger partial charge in [0.15, 0.2) is 17.7 Å². The van der Waals surface area contributed by atoms with Crippen LogP contribution in [0.5, 0.6) is 0 Å². The molecule has 0 bridgehead atoms. The highest BCUT2D eigenvalue weighted by Gasteiger charge is 2.69. The highest BCUT2D eigenvalue weighted by molar-refractivity contribution is 5.98. The molecule has 4 rings (SSSR count). The van der Waals surface area contributed by atoms with E-state index in [1.54, 1.807) is 6.08 Å². The highest BCUT2D eigenvalue weighted by Crippen LogP contribution is 2.71. The Hall–Kier alpha value is -1.75. The smallest absolute Gasteiger partial charge is 0.303 e. The zero-order chi connectivity index (χ0) is 24.6. The number of ether oxygens (including phenoxy) is 1. The summed E-state index contributed by atoms with van der Waals surface area (Å²) in [5, 5.41) is 11.5. The molecule has 0 aromatic heterocycles. The molecule has 0 aromatic carbocycles. The van der Waals surface area contributed by atoms with E-state index in [0.29, 0.717) is 6.42 Å². The molecule has 182 valence electrons. The van der Waals surface area contributed by atoms with Crippen LogP contribution in [0.15, 0.2) is 23.3 Å². The van der Waals surface area contributed by atoms with Crippen LogP contribution in [0.2, 0.25) is 0 Å². The predicted octanol–water partition coefficient (Wildman–Crippen LogP) is 4.96. The van der Waals surface area contributed by atoms with Gasteiger partial charge in [0.05, 0.1) is 0 Å². The lowest BCUT2D eigenvalue weighted by atomic mass is 9.40. The lowest BCUT2D eigenvalue weighted by molar-refractivity contribution is -0.182. The number of fused-ring (bicyclic) bond motifs is 5. The summed E-state index contributed by atoms with van der Waals surface area (Å²) in [5.41, 5.74) is -0.355. The highest BCUT2D eigenvalue weighted by atomic mass is 16.5. The van der Waals surface area contributed by atoms with Gasteiger partial charge in [-0.05, 0) is 81.8 Å². The van der Waals surface area contributed by atoms with Crippen LogP contribution in [0.1, 0.15) is 87.0 Å². The maximum Gasteiger partial charge on any atom is 0.303 e. The molecule has 2 saturated carbocycles. The van der Waals surface area contributed by atoms with E-state index in [2.05, 4.69) is 40.7 Å². The fourth-order valence-corrected chi connectivity index (χ4v) is 9.04. The number of esters is 1. The number of rotatable bonds is 4. The van der Waals surface area contributed by atoms with Crippen LogP contribution in [0.25, 0.3) is 0 Å². The molecule has 7 atom stereocenters. The molecule has 4 aliphatic carbocycles. The lowest BCUT2D eigenvalue weighted by Crippen LogP contribution is -2.63. The lowest BCUT2D eigenvalue weighted by Gasteiger charge is -2.64. The van der Waals surface area contributed by atoms with Gasteiger partial charge < -0.3 is 9.84 Å². The molecule has 0 aliphatic heterocycles. The maximum atomic E-state index is 13.3. The van der Waals surface area contributed by atoms with E-state index in [1.807, 2.05) is 0 Å². The standard InChI is InChI=1S/C28H40O5/c1-8-27(9-2)24(33-18(5)30)23(31)15-22-16(3)14-19-20-11-13-28(32,17(4)29)25(20,6)12-10-21(19)26(22,27)7/h14-15,19-21,24,32H,8-13H2,1-7H3/t19-,20-,21-,24?,25-,26+,28-/m0/s1. The van der Waals surface area contributed by atoms with Crippen LogP contribution in [-0.2, 0) is 19.1 Å². The largest absolute Gasteiger partial charge is 0.454 e. The van der Waals surface area contributed by atoms with Crippen LogP contribution >= 0.6 is 0 Å². The second-order valence-corrected chi connectivity index (χ2v) is 11.6. The molecule has 0 spiro atoms. The topological polar surface area (TPSA) is 80.7 Å². The second kappa shape index (κ2) is 7.63. The van der Waals surface area contributed by atoms with Gasteiger partial charge in [-0.2, -0.15) is 0 Å². The van der Waals surface area contributed by atoms with Gasteiger partial charge in [0.2, 0.25) is 0 Å². The van der Waals surface area contributed by atoms with E-state index in [0.717, 1.165) is 43.3 Å². The number of hydrogen-bond acceptors (Lipinski definition) is 5. The van der Waals surface area contributed by atoms with Crippen LogP contribution < -0.4 is 0 Å². The number of allylic oxidation sites excluding steroid dienone is 3. The first-order chi connectivity index (χ1) is 15.3. The molecule has 33 heavy (non-hydrogen) atoms. The zero-order valence-corrected chi connectivity index (χ0v) is 21.3. The van der Waals surface area contributed by atoms with Crippen molar-refractivity contribution in [3.05, 3.63) is 23.3 Å². The molecule has 1 unspecified atom stereocenters. The molecule has 5 nitrogen and oxygen atoms in total. The predicted molar refractivity (Wildman–Crippen MR) is 126 cm³/mol. The normalized spacial score (nSPS) is 43.6. The zero-order valence-electron chi connectivity index (χ0n) is 21.3. The summed E-state index contributed by atoms with van der Waals surface area (Å²) in [6.07, 6.45) is 7.73. The van der Waals surface area contributed by atoms with Gasteiger partial charge in [-0.25, -0.2) is 0 Å². The first kappa shape index (κ1) is 24.4. The Morgan fingerprint density at radius 3 is 2.24 bits per heavy atom. The minimum Gasteiger partial charge on any atom is -0.454 e. The Morgan fingerprint density at radius 2 is 1.70 bits per heavy atom. The van der Waals surface area contributed by atoms with Crippen LogP contribution in [0.4, 0.5) is 0 Å². The molecular formula is C28H40O5. The van der Waals surface area contributed by atoms with Crippen molar-refractivity contribution >= 4 is 17.5 Å². The number of aliphatic hydroxyl groups is 1. The Bertz CT molecular complexity index is 955. The molecule has 0 aromatic rings. The summed E-state index contributed by atoms with van der Waals surface area (Å²) in [4.78, 5) is 37.9. The maximum absolute atomic E-state index is 13.3. The molecule has 0 amide bonds. The first-order valence-corrected chi connectivity index (χ1v) is 12.7. The summed E-state index contributed by atoms with van der Waals surface area (Å²) in [6.45, 7) is 13.6. The van der Waals surface area contributed by atoms with Gasteiger partial charge in [-0.1, -0.05) is 39.3 Å². The Morgan fingerprint density at radius 1 is 1.09 bits per heavy atom. The van der Waals surface area contributed by atoms with E-state index < -0.39 is 28.5 Å². The summed E-state index contributed by atoms with van der Waals surface area (Å²) in [6, 6.07) is 0. The first-order valence-electron chi connectivity index (χ1n) is 12.7. The molecule has 0 heterocycles. The third-order valence-corrected chi connectivity index (χ3v) is 10.9. The Kier molecular flexibility index (Phi) is 5.63. The van der Waals surface area contributed by atoms with Gasteiger partial charge in [0.25, 0.3) is 0 Å². The van der Waals surface area contributed by atoms with Gasteiger partial charge in [0, 0.05) is 23.2 Å². The van der Waals surface area contributed by atoms with Crippen molar-refractivity contribution in [2.45, 2.75) is 98.7 Å². The van der Waals surface area contributed by atoms with E-state index in [1.165, 1.54) is 13.8 Å². The van der Waals surface area contributed by atoms with E-state index in [9.17, 15) is 19.5 Å². The number of Topliss-reactive ketones (excluding diaryl/α,β-unsaturated/α-hetero) is 1. The van der Waals surface area contributed by atoms with Gasteiger partial charge in [-0.3, -0.25) is 14.4 Å². The third-order valence-electron chi connectivity index (χ3n) is 10.9. The van der Waals surface area contributed by atoms with Crippen molar-refractivity contribution < 1.29 is 24.2 Å². The second-order valence-electron chi connectivity index (χ2n) is 11.6. The number of hydrogen-bond donors (Lipinski definition) is 1. The molecule has 2 fully saturated rings. The molecular weight excluding hydrogens is 416 g/mol. The summed E-state index contributed by atoms with van der Waals surface area (Å²) < 4.78 is 5.76. The number of ketones is 2. The molecule has 4 aliphatic rings. The van der Waals surface area contributed by atoms with Gasteiger partial charge >= 0.3 is 5.97 Å². The SMILES string of the molecule is CCC1(CC)C(OC(C)=O)C(=O)C=C2C(C)=C[C@@H]3[C@H](CC[C@@]4(C)[C@H]3CC[C@]4(O)C(C)=O)[C@]21C. The monoisotopic (exact) mass is 456 g/mol. The fraction of sp³-hybridized carbons (Fsp3) is 0.750. The van der Waals surface area contributed by atoms with Gasteiger partial charge in [0.1, 0.15) is 5.60 Å². The molecule has 0 saturated heterocycles. The average molecular weight is 457 g/mol. The number of carbonyl (C=O) groups excluding carboxylic acids is 3. The van der Waals surface area contributed by atoms with E-state index >= 15 is 0 Å². The van der Waals surface area contributed by atoms with Crippen molar-refractivity contribution in [1.82, 2.24) is 0 Å². The number of carbonyl (C=O) groups is 3. The van der Waals surface area contributed by atoms with Crippen molar-refractivity contribution in [3.63, 3.8) is 0 Å². The van der Waals surface area contributed by atoms with E-state index in [-0.39, 0.29) is 34.7 Å². The van der Waals surface area contributed by atoms with Crippen molar-refractivity contribution in [2.24, 2.45) is 34.0 Å². The summed E-state index contributed by atoms with van der Waals surface area (Å²) in [5.74, 6) is 0.0192. The van der Waals surface area contributed by atoms with Crippen LogP contribution in [0.3, 0.4) is 0 Å². The van der Waals surface area contributed by atoms with Crippen LogP contribution in [-0.4, -0.2) is 34.3 Å². The van der Waals surface area contributed by atoms with Crippen molar-refractivity contribution in [1.29, 1.82) is 0 Å². The van der Waals surface area contributed by atoms with E-state index in [4.69, 9.17) is 4.74 Å². The van der Waals surface area contributed by atoms with Crippen LogP contribution in [0, 0.1) is 34.0 Å². The fourth-order valence-electron chi connectivity index (χ4n) is 9.04. The minimum atomic E-state index is -1.27. The Balaban J connectivity index is 1.90. The average Bonchev–Trinajstić information content (AvgIpc) is 3.03. The van der Waals surface area contributed by atoms with Gasteiger partial charge in [-0.15, -0.1) is 0 Å². The molecule has 1 N–H and O–H groups in total. The van der Waals surface area contributed by atoms with Crippen molar-refractivity contribution in [2.75, 3.05) is 0 Å². The molecule has 5 heteroatoms. The summed E-state index contributed by atoms with van der Waals surface area (Å²) in [7, 11) is 0. The third kappa shape index (κ3) is 2.84.